The number of fused-ring (bicyclic) bond motifs is 2. The van der Waals surface area contributed by atoms with Crippen LogP contribution in [0.3, 0.4) is 0 Å². The molecule has 2 saturated heterocycles. The first kappa shape index (κ1) is 39.8. The molecule has 2 fully saturated rings. The minimum Gasteiger partial charge on any atom is -0.395 e. The van der Waals surface area contributed by atoms with Gasteiger partial charge in [0.15, 0.2) is 5.60 Å². The quantitative estimate of drug-likeness (QED) is 0.107. The number of aliphatic hydroxyl groups excluding tert-OH is 1. The van der Waals surface area contributed by atoms with Crippen LogP contribution in [0, 0.1) is 5.92 Å². The smallest absolute Gasteiger partial charge is 0.264 e. The van der Waals surface area contributed by atoms with E-state index in [9.17, 15) is 9.90 Å². The van der Waals surface area contributed by atoms with Crippen LogP contribution < -0.4 is 9.80 Å². The van der Waals surface area contributed by atoms with Gasteiger partial charge in [-0.1, -0.05) is 78.6 Å². The van der Waals surface area contributed by atoms with Gasteiger partial charge in [-0.2, -0.15) is 0 Å². The molecule has 2 aromatic carbocycles. The van der Waals surface area contributed by atoms with Gasteiger partial charge in [-0.25, -0.2) is 0 Å². The number of carbonyl (C=O) groups excluding carboxylic acids is 2. The SMILES string of the molecule is CC(C)=CCC/C(C)=C/CN1C(=O)[C@@]2(O[C@@H](CCn3cc(C(CO)c4ccccc4)nn3)[C@H]([Si](C)(C)F)[C@H]2C)c2cc(N3CCCCCCC3=O)ccc21. The number of carbonyl (C=O) groups is 2. The summed E-state index contributed by atoms with van der Waals surface area (Å²) in [7, 11) is -3.40. The minimum absolute atomic E-state index is 0.0937. The molecule has 1 N–H and O–H groups in total. The van der Waals surface area contributed by atoms with Gasteiger partial charge in [0.1, 0.15) is 0 Å². The number of aromatic nitrogens is 3. The van der Waals surface area contributed by atoms with E-state index >= 15 is 8.90 Å². The van der Waals surface area contributed by atoms with Crippen molar-refractivity contribution in [1.82, 2.24) is 15.0 Å². The highest BCUT2D eigenvalue weighted by molar-refractivity contribution is 6.72. The Morgan fingerprint density at radius 2 is 1.83 bits per heavy atom. The van der Waals surface area contributed by atoms with Crippen molar-refractivity contribution in [2.24, 2.45) is 5.92 Å². The number of aryl methyl sites for hydroxylation is 1. The largest absolute Gasteiger partial charge is 0.395 e. The van der Waals surface area contributed by atoms with E-state index in [1.54, 1.807) is 17.8 Å². The van der Waals surface area contributed by atoms with Crippen LogP contribution >= 0.6 is 0 Å². The van der Waals surface area contributed by atoms with E-state index in [1.807, 2.05) is 71.5 Å². The van der Waals surface area contributed by atoms with Gasteiger partial charge >= 0.3 is 0 Å². The van der Waals surface area contributed by atoms with Gasteiger partial charge in [-0.15, -0.1) is 5.10 Å². The van der Waals surface area contributed by atoms with Gasteiger partial charge in [0.25, 0.3) is 5.91 Å². The summed E-state index contributed by atoms with van der Waals surface area (Å²) in [5, 5.41) is 19.0. The highest BCUT2D eigenvalue weighted by atomic mass is 28.4. The van der Waals surface area contributed by atoms with Crippen LogP contribution in [-0.4, -0.2) is 66.1 Å². The fraction of sp³-hybridized carbons (Fsp3) is 0.535. The van der Waals surface area contributed by atoms with Crippen LogP contribution in [0.5, 0.6) is 0 Å². The fourth-order valence-electron chi connectivity index (χ4n) is 8.92. The van der Waals surface area contributed by atoms with Crippen molar-refractivity contribution in [1.29, 1.82) is 0 Å². The first-order valence-electron chi connectivity index (χ1n) is 19.8. The zero-order chi connectivity index (χ0) is 38.6. The van der Waals surface area contributed by atoms with E-state index in [0.717, 1.165) is 61.0 Å². The van der Waals surface area contributed by atoms with Gasteiger partial charge in [0.2, 0.25) is 14.3 Å². The Labute approximate surface area is 321 Å². The van der Waals surface area contributed by atoms with Crippen molar-refractivity contribution in [3.63, 3.8) is 0 Å². The maximum atomic E-state index is 16.6. The molecule has 1 spiro atoms. The van der Waals surface area contributed by atoms with Crippen LogP contribution in [-0.2, 0) is 26.5 Å². The lowest BCUT2D eigenvalue weighted by Crippen LogP contribution is -2.45. The number of nitrogens with zero attached hydrogens (tertiary/aromatic N) is 5. The first-order chi connectivity index (χ1) is 25.8. The Balaban J connectivity index is 1.33. The monoisotopic (exact) mass is 755 g/mol. The fourth-order valence-corrected chi connectivity index (χ4v) is 11.5. The standard InChI is InChI=1S/C43H58FN5O4Si/c1-30(2)15-14-16-31(3)22-26-49-38-21-20-34(48-24-13-8-7-12-19-40(48)51)27-36(38)43(42(49)52)32(4)41(54(5,6)44)39(53-43)23-25-47-28-37(45-46-47)35(29-50)33-17-10-9-11-18-33/h9-11,15,17-18,20-22,27-28,32,35,39,41,50H,7-8,12-14,16,19,23-26,29H2,1-6H3/b31-22+/t32-,35?,39+,41-,43+/m1/s1. The van der Waals surface area contributed by atoms with E-state index in [2.05, 4.69) is 43.2 Å². The second-order valence-electron chi connectivity index (χ2n) is 16.3. The highest BCUT2D eigenvalue weighted by Crippen LogP contribution is 2.60. The van der Waals surface area contributed by atoms with Gasteiger partial charge in [-0.05, 0) is 89.7 Å². The van der Waals surface area contributed by atoms with Crippen LogP contribution in [0.4, 0.5) is 15.5 Å². The molecule has 3 aliphatic rings. The average Bonchev–Trinajstić information content (AvgIpc) is 3.78. The molecular formula is C43H58FN5O4Si. The molecule has 0 aliphatic carbocycles. The van der Waals surface area contributed by atoms with Crippen LogP contribution in [0.15, 0.2) is 78.0 Å². The molecule has 0 bridgehead atoms. The van der Waals surface area contributed by atoms with E-state index in [1.165, 1.54) is 11.1 Å². The summed E-state index contributed by atoms with van der Waals surface area (Å²) in [6.07, 6.45) is 12.3. The second-order valence-corrected chi connectivity index (χ2v) is 20.1. The molecule has 54 heavy (non-hydrogen) atoms. The second kappa shape index (κ2) is 16.8. The Bertz CT molecular complexity index is 1850. The maximum absolute atomic E-state index is 16.6. The molecule has 3 aromatic rings. The summed E-state index contributed by atoms with van der Waals surface area (Å²) in [5.74, 6) is -0.836. The minimum atomic E-state index is -3.40. The molecular weight excluding hydrogens is 698 g/mol. The van der Waals surface area contributed by atoms with Gasteiger partial charge < -0.3 is 23.8 Å². The number of anilines is 2. The lowest BCUT2D eigenvalue weighted by molar-refractivity contribution is -0.145. The van der Waals surface area contributed by atoms with Crippen LogP contribution in [0.25, 0.3) is 0 Å². The van der Waals surface area contributed by atoms with E-state index in [0.29, 0.717) is 38.2 Å². The first-order valence-corrected chi connectivity index (χ1v) is 22.8. The van der Waals surface area contributed by atoms with E-state index in [-0.39, 0.29) is 24.3 Å². The molecule has 11 heteroatoms. The number of ether oxygens (including phenoxy) is 1. The maximum Gasteiger partial charge on any atom is 0.264 e. The molecule has 2 amide bonds. The number of amides is 2. The number of hydrogen-bond donors (Lipinski definition) is 1. The summed E-state index contributed by atoms with van der Waals surface area (Å²) in [4.78, 5) is 32.1. The predicted molar refractivity (Wildman–Crippen MR) is 215 cm³/mol. The summed E-state index contributed by atoms with van der Waals surface area (Å²) in [6.45, 7) is 13.0. The summed E-state index contributed by atoms with van der Waals surface area (Å²) in [6, 6.07) is 15.6. The normalized spacial score (nSPS) is 24.1. The number of hydrogen-bond acceptors (Lipinski definition) is 6. The average molecular weight is 756 g/mol. The van der Waals surface area contributed by atoms with Crippen molar-refractivity contribution >= 4 is 31.6 Å². The van der Waals surface area contributed by atoms with Crippen molar-refractivity contribution in [3.05, 3.63) is 94.8 Å². The number of rotatable bonds is 13. The van der Waals surface area contributed by atoms with Gasteiger partial charge in [0.05, 0.1) is 30.0 Å². The van der Waals surface area contributed by atoms with Gasteiger partial charge in [-0.3, -0.25) is 14.3 Å². The lowest BCUT2D eigenvalue weighted by Gasteiger charge is -2.31. The predicted octanol–water partition coefficient (Wildman–Crippen LogP) is 8.60. The number of benzene rings is 2. The topological polar surface area (TPSA) is 101 Å². The molecule has 1 unspecified atom stereocenters. The number of aliphatic hydroxyl groups is 1. The Hall–Kier alpha value is -3.93. The highest BCUT2D eigenvalue weighted by Gasteiger charge is 2.66. The van der Waals surface area contributed by atoms with Crippen molar-refractivity contribution < 1.29 is 23.5 Å². The van der Waals surface area contributed by atoms with Crippen molar-refractivity contribution in [2.75, 3.05) is 29.5 Å². The number of halogens is 1. The summed E-state index contributed by atoms with van der Waals surface area (Å²) in [5.41, 5.74) is 4.47. The molecule has 4 heterocycles. The molecule has 290 valence electrons. The molecule has 9 nitrogen and oxygen atoms in total. The lowest BCUT2D eigenvalue weighted by atomic mass is 9.82. The molecule has 0 saturated carbocycles. The summed E-state index contributed by atoms with van der Waals surface area (Å²) < 4.78 is 25.4. The Kier molecular flexibility index (Phi) is 12.4. The third kappa shape index (κ3) is 8.18. The van der Waals surface area contributed by atoms with Crippen molar-refractivity contribution in [3.8, 4) is 0 Å². The van der Waals surface area contributed by atoms with E-state index in [4.69, 9.17) is 4.74 Å². The summed E-state index contributed by atoms with van der Waals surface area (Å²) >= 11 is 0. The van der Waals surface area contributed by atoms with Crippen LogP contribution in [0.1, 0.15) is 102 Å². The molecule has 0 radical (unpaired) electrons. The number of allylic oxidation sites excluding steroid dienone is 3. The molecule has 1 aromatic heterocycles. The van der Waals surface area contributed by atoms with Crippen molar-refractivity contribution in [2.45, 2.75) is 122 Å². The zero-order valence-corrected chi connectivity index (χ0v) is 33.9. The van der Waals surface area contributed by atoms with Crippen LogP contribution in [0.2, 0.25) is 18.6 Å². The van der Waals surface area contributed by atoms with E-state index < -0.39 is 31.6 Å². The molecule has 3 aliphatic heterocycles. The third-order valence-electron chi connectivity index (χ3n) is 11.7. The third-order valence-corrected chi connectivity index (χ3v) is 14.2. The Morgan fingerprint density at radius 1 is 1.07 bits per heavy atom. The zero-order valence-electron chi connectivity index (χ0n) is 32.9. The molecule has 6 rings (SSSR count). The molecule has 5 atom stereocenters. The van der Waals surface area contributed by atoms with Gasteiger partial charge in [0, 0.05) is 55.0 Å². The Morgan fingerprint density at radius 3 is 2.56 bits per heavy atom.